The van der Waals surface area contributed by atoms with Gasteiger partial charge in [0, 0.05) is 26.1 Å². The van der Waals surface area contributed by atoms with Gasteiger partial charge in [-0.1, -0.05) is 80.8 Å². The molecule has 0 spiro atoms. The lowest BCUT2D eigenvalue weighted by Gasteiger charge is -2.32. The highest BCUT2D eigenvalue weighted by Gasteiger charge is 2.36. The fraction of sp³-hybridized carbons (Fsp3) is 0.556. The van der Waals surface area contributed by atoms with Crippen molar-refractivity contribution in [2.45, 2.75) is 94.0 Å². The van der Waals surface area contributed by atoms with Crippen molar-refractivity contribution < 1.29 is 35.8 Å². The molecule has 0 aliphatic rings. The van der Waals surface area contributed by atoms with E-state index in [-0.39, 0.29) is 35.8 Å². The molecule has 8 nitrogen and oxygen atoms in total. The van der Waals surface area contributed by atoms with Crippen LogP contribution in [0.4, 0.5) is 0 Å². The minimum Gasteiger partial charge on any atom is -0.396 e. The first-order valence-electron chi connectivity index (χ1n) is 12.7. The van der Waals surface area contributed by atoms with E-state index >= 15 is 0 Å². The maximum Gasteiger partial charge on any atom is 0.297 e. The molecule has 0 fully saturated rings. The monoisotopic (exact) mass is 558 g/mol. The van der Waals surface area contributed by atoms with Gasteiger partial charge in [-0.05, 0) is 44.5 Å². The summed E-state index contributed by atoms with van der Waals surface area (Å²) in [5, 5.41) is 18.9. The van der Waals surface area contributed by atoms with Gasteiger partial charge in [0.1, 0.15) is 0 Å². The summed E-state index contributed by atoms with van der Waals surface area (Å²) >= 11 is 0. The van der Waals surface area contributed by atoms with E-state index < -0.39 is 25.8 Å². The second-order valence-electron chi connectivity index (χ2n) is 9.29. The predicted molar refractivity (Wildman–Crippen MR) is 145 cm³/mol. The summed E-state index contributed by atoms with van der Waals surface area (Å²) in [4.78, 5) is 0.0365. The Bertz CT molecular complexity index is 1100. The van der Waals surface area contributed by atoms with E-state index in [1.54, 1.807) is 24.3 Å². The van der Waals surface area contributed by atoms with E-state index in [0.717, 1.165) is 30.4 Å². The molecule has 0 saturated carbocycles. The number of hydrogen-bond acceptors (Lipinski definition) is 7. The number of hydrogen-bond donors (Lipinski definition) is 3. The van der Waals surface area contributed by atoms with Crippen LogP contribution in [0, 0.1) is 13.8 Å². The quantitative estimate of drug-likeness (QED) is 0.154. The molecule has 3 N–H and O–H groups in total. The third-order valence-corrected chi connectivity index (χ3v) is 8.33. The van der Waals surface area contributed by atoms with Crippen molar-refractivity contribution in [1.82, 2.24) is 0 Å². The second kappa shape index (κ2) is 16.2. The molecule has 10 heteroatoms. The van der Waals surface area contributed by atoms with Gasteiger partial charge in [-0.25, -0.2) is 0 Å². The lowest BCUT2D eigenvalue weighted by atomic mass is 9.89. The van der Waals surface area contributed by atoms with Crippen LogP contribution >= 0.6 is 0 Å². The molecule has 0 atom stereocenters. The van der Waals surface area contributed by atoms with Crippen molar-refractivity contribution in [2.24, 2.45) is 0 Å². The summed E-state index contributed by atoms with van der Waals surface area (Å²) in [7, 11) is -7.97. The summed E-state index contributed by atoms with van der Waals surface area (Å²) in [5.41, 5.74) is 0.864. The zero-order valence-corrected chi connectivity index (χ0v) is 23.7. The van der Waals surface area contributed by atoms with Crippen molar-refractivity contribution in [3.05, 3.63) is 59.7 Å². The zero-order valence-electron chi connectivity index (χ0n) is 22.1. The average Bonchev–Trinajstić information content (AvgIpc) is 2.82. The summed E-state index contributed by atoms with van der Waals surface area (Å²) in [5.74, 6) is 0. The SMILES string of the molecule is CCCCCCCCC(CCO)(CCO)OS(=O)(=O)c1ccc(C)cc1.Cc1ccc(S(=O)(=O)O)cc1. The lowest BCUT2D eigenvalue weighted by molar-refractivity contribution is 0.0149. The van der Waals surface area contributed by atoms with Gasteiger partial charge >= 0.3 is 0 Å². The van der Waals surface area contributed by atoms with Crippen molar-refractivity contribution >= 4 is 20.2 Å². The van der Waals surface area contributed by atoms with E-state index in [2.05, 4.69) is 6.92 Å². The Morgan fingerprint density at radius 1 is 0.676 bits per heavy atom. The molecule has 0 saturated heterocycles. The van der Waals surface area contributed by atoms with Gasteiger partial charge < -0.3 is 10.2 Å². The van der Waals surface area contributed by atoms with E-state index in [4.69, 9.17) is 8.74 Å². The van der Waals surface area contributed by atoms with Crippen LogP contribution in [0.3, 0.4) is 0 Å². The van der Waals surface area contributed by atoms with Crippen LogP contribution in [-0.4, -0.2) is 50.4 Å². The highest BCUT2D eigenvalue weighted by Crippen LogP contribution is 2.32. The first-order valence-corrected chi connectivity index (χ1v) is 15.5. The highest BCUT2D eigenvalue weighted by atomic mass is 32.2. The third kappa shape index (κ3) is 12.5. The Balaban J connectivity index is 0.000000516. The number of unbranched alkanes of at least 4 members (excludes halogenated alkanes) is 5. The molecule has 0 bridgehead atoms. The highest BCUT2D eigenvalue weighted by molar-refractivity contribution is 7.86. The normalized spacial score (nSPS) is 12.2. The molecule has 2 aromatic carbocycles. The topological polar surface area (TPSA) is 138 Å². The van der Waals surface area contributed by atoms with Crippen molar-refractivity contribution in [3.8, 4) is 0 Å². The molecule has 0 radical (unpaired) electrons. The lowest BCUT2D eigenvalue weighted by Crippen LogP contribution is -2.37. The van der Waals surface area contributed by atoms with Crippen molar-refractivity contribution in [3.63, 3.8) is 0 Å². The number of benzene rings is 2. The molecule has 2 aromatic rings. The van der Waals surface area contributed by atoms with Gasteiger partial charge in [0.05, 0.1) is 15.4 Å². The molecular weight excluding hydrogens is 516 g/mol. The van der Waals surface area contributed by atoms with Crippen LogP contribution in [0.5, 0.6) is 0 Å². The van der Waals surface area contributed by atoms with E-state index in [1.807, 2.05) is 13.8 Å². The van der Waals surface area contributed by atoms with Gasteiger partial charge in [0.25, 0.3) is 20.2 Å². The Labute approximate surface area is 222 Å². The minimum atomic E-state index is -4.02. The summed E-state index contributed by atoms with van der Waals surface area (Å²) < 4.78 is 60.6. The average molecular weight is 559 g/mol. The third-order valence-electron chi connectivity index (χ3n) is 6.04. The van der Waals surface area contributed by atoms with Crippen molar-refractivity contribution in [1.29, 1.82) is 0 Å². The number of aryl methyl sites for hydroxylation is 2. The van der Waals surface area contributed by atoms with Gasteiger partial charge in [0.15, 0.2) is 0 Å². The fourth-order valence-electron chi connectivity index (χ4n) is 3.83. The molecule has 0 unspecified atom stereocenters. The van der Waals surface area contributed by atoms with Crippen LogP contribution in [0.1, 0.15) is 75.8 Å². The molecule has 0 amide bonds. The van der Waals surface area contributed by atoms with Gasteiger partial charge in [-0.15, -0.1) is 0 Å². The smallest absolute Gasteiger partial charge is 0.297 e. The van der Waals surface area contributed by atoms with E-state index in [9.17, 15) is 27.0 Å². The molecule has 0 aromatic heterocycles. The Morgan fingerprint density at radius 2 is 1.11 bits per heavy atom. The maximum atomic E-state index is 12.7. The predicted octanol–water partition coefficient (Wildman–Crippen LogP) is 5.20. The molecule has 0 aliphatic carbocycles. The van der Waals surface area contributed by atoms with Crippen LogP contribution in [-0.2, 0) is 24.4 Å². The van der Waals surface area contributed by atoms with E-state index in [1.165, 1.54) is 43.5 Å². The van der Waals surface area contributed by atoms with E-state index in [0.29, 0.717) is 6.42 Å². The number of aliphatic hydroxyl groups excluding tert-OH is 2. The zero-order chi connectivity index (χ0) is 28.0. The van der Waals surface area contributed by atoms with Gasteiger partial charge in [-0.2, -0.15) is 16.8 Å². The van der Waals surface area contributed by atoms with Crippen LogP contribution in [0.2, 0.25) is 0 Å². The van der Waals surface area contributed by atoms with Crippen LogP contribution in [0.25, 0.3) is 0 Å². The van der Waals surface area contributed by atoms with Crippen molar-refractivity contribution in [2.75, 3.05) is 13.2 Å². The van der Waals surface area contributed by atoms with Crippen LogP contribution in [0.15, 0.2) is 58.3 Å². The molecule has 210 valence electrons. The Kier molecular flexibility index (Phi) is 14.5. The molecule has 37 heavy (non-hydrogen) atoms. The number of aliphatic hydroxyl groups is 2. The maximum absolute atomic E-state index is 12.7. The van der Waals surface area contributed by atoms with Gasteiger partial charge in [-0.3, -0.25) is 8.74 Å². The van der Waals surface area contributed by atoms with Gasteiger partial charge in [0.2, 0.25) is 0 Å². The minimum absolute atomic E-state index is 0.0666. The molecule has 2 rings (SSSR count). The summed E-state index contributed by atoms with van der Waals surface area (Å²) in [6, 6.07) is 12.5. The van der Waals surface area contributed by atoms with Crippen LogP contribution < -0.4 is 0 Å². The fourth-order valence-corrected chi connectivity index (χ4v) is 5.59. The molecule has 0 aliphatic heterocycles. The Morgan fingerprint density at radius 3 is 1.54 bits per heavy atom. The molecular formula is C27H42O8S2. The summed E-state index contributed by atoms with van der Waals surface area (Å²) in [6.07, 6.45) is 7.35. The standard InChI is InChI=1S/C20H34O5S.C7H8O3S/c1-3-4-5-6-7-8-13-20(14-16-21,15-17-22)25-26(23,24)19-11-9-18(2)10-12-19;1-6-2-4-7(5-3-6)11(8,9)10/h9-12,21-22H,3-8,13-17H2,1-2H3;2-5H,1H3,(H,8,9,10). The number of rotatable bonds is 15. The first-order chi connectivity index (χ1) is 17.4. The summed E-state index contributed by atoms with van der Waals surface area (Å²) in [6.45, 7) is 5.53. The largest absolute Gasteiger partial charge is 0.396 e. The molecule has 0 heterocycles. The second-order valence-corrected chi connectivity index (χ2v) is 12.3. The Hall–Kier alpha value is -1.82. The first kappa shape index (κ1) is 33.2.